The molecule has 1 unspecified atom stereocenters. The van der Waals surface area contributed by atoms with E-state index >= 15 is 0 Å². The van der Waals surface area contributed by atoms with Crippen molar-refractivity contribution in [3.05, 3.63) is 76.5 Å². The van der Waals surface area contributed by atoms with E-state index in [2.05, 4.69) is 93.4 Å². The average molecular weight is 336 g/mol. The van der Waals surface area contributed by atoms with Gasteiger partial charge in [0.1, 0.15) is 11.8 Å². The molecule has 25 heavy (non-hydrogen) atoms. The fourth-order valence-corrected chi connectivity index (χ4v) is 3.48. The van der Waals surface area contributed by atoms with Gasteiger partial charge in [-0.05, 0) is 31.9 Å². The molecule has 0 aliphatic carbocycles. The molecule has 0 spiro atoms. The van der Waals surface area contributed by atoms with E-state index in [0.29, 0.717) is 0 Å². The Kier molecular flexibility index (Phi) is 5.14. The first-order chi connectivity index (χ1) is 12.0. The quantitative estimate of drug-likeness (QED) is 0.770. The van der Waals surface area contributed by atoms with Crippen molar-refractivity contribution < 1.29 is 4.74 Å². The Balaban J connectivity index is 2.13. The Hall–Kier alpha value is -2.26. The van der Waals surface area contributed by atoms with Gasteiger partial charge in [0, 0.05) is 19.7 Å². The highest BCUT2D eigenvalue weighted by molar-refractivity contribution is 5.69. The van der Waals surface area contributed by atoms with Gasteiger partial charge in [0.25, 0.3) is 0 Å². The summed E-state index contributed by atoms with van der Waals surface area (Å²) in [5, 5.41) is 4.48. The van der Waals surface area contributed by atoms with Crippen molar-refractivity contribution in [3.8, 4) is 0 Å². The van der Waals surface area contributed by atoms with E-state index in [1.54, 1.807) is 0 Å². The zero-order chi connectivity index (χ0) is 18.0. The smallest absolute Gasteiger partial charge is 0.145 e. The Morgan fingerprint density at radius 1 is 0.960 bits per heavy atom. The molecule has 1 aliphatic rings. The number of nitrogens with zero attached hydrogens (tertiary/aromatic N) is 2. The average Bonchev–Trinajstić information content (AvgIpc) is 2.84. The predicted molar refractivity (Wildman–Crippen MR) is 104 cm³/mol. The number of likely N-dealkylation sites (N-methyl/N-ethyl adjacent to an activating group) is 1. The normalized spacial score (nSPS) is 18.1. The highest BCUT2D eigenvalue weighted by Gasteiger charge is 2.37. The Morgan fingerprint density at radius 2 is 1.64 bits per heavy atom. The van der Waals surface area contributed by atoms with E-state index in [1.807, 2.05) is 0 Å². The molecule has 0 bridgehead atoms. The van der Waals surface area contributed by atoms with Gasteiger partial charge in [-0.1, -0.05) is 60.5 Å². The van der Waals surface area contributed by atoms with Crippen LogP contribution in [-0.2, 0) is 4.74 Å². The molecule has 132 valence electrons. The lowest BCUT2D eigenvalue weighted by atomic mass is 10.0. The molecule has 0 radical (unpaired) electrons. The molecular formula is C22H28N2O. The monoisotopic (exact) mass is 336 g/mol. The second-order valence-corrected chi connectivity index (χ2v) is 6.84. The fraction of sp³-hybridized carbons (Fsp3) is 0.364. The summed E-state index contributed by atoms with van der Waals surface area (Å²) in [4.78, 5) is 0. The molecule has 0 amide bonds. The van der Waals surface area contributed by atoms with Crippen molar-refractivity contribution in [2.24, 2.45) is 0 Å². The first kappa shape index (κ1) is 17.6. The predicted octanol–water partition coefficient (Wildman–Crippen LogP) is 4.93. The van der Waals surface area contributed by atoms with E-state index in [4.69, 9.17) is 4.74 Å². The Labute approximate surface area is 151 Å². The van der Waals surface area contributed by atoms with Gasteiger partial charge < -0.3 is 9.75 Å². The van der Waals surface area contributed by atoms with Crippen LogP contribution in [-0.4, -0.2) is 30.7 Å². The van der Waals surface area contributed by atoms with Gasteiger partial charge in [-0.3, -0.25) is 0 Å². The molecule has 0 saturated carbocycles. The summed E-state index contributed by atoms with van der Waals surface area (Å²) in [6.07, 6.45) is 0.999. The van der Waals surface area contributed by atoms with Crippen LogP contribution in [0.2, 0.25) is 0 Å². The lowest BCUT2D eigenvalue weighted by molar-refractivity contribution is 0.0612. The minimum atomic E-state index is 0.104. The standard InChI is InChI=1S/C22H28N2O/c1-6-13-25-22-20(18-11-7-9-16(2)14-18)23(4)24(5)21(22)19-12-8-10-17(3)15-19/h7-12,14-15,20H,6,13H2,1-5H3. The second kappa shape index (κ2) is 7.32. The third-order valence-corrected chi connectivity index (χ3v) is 4.76. The van der Waals surface area contributed by atoms with Crippen LogP contribution in [0.25, 0.3) is 5.70 Å². The van der Waals surface area contributed by atoms with Crippen LogP contribution in [0.4, 0.5) is 0 Å². The molecule has 3 nitrogen and oxygen atoms in total. The molecule has 1 heterocycles. The van der Waals surface area contributed by atoms with Crippen molar-refractivity contribution in [2.75, 3.05) is 20.7 Å². The summed E-state index contributed by atoms with van der Waals surface area (Å²) in [6, 6.07) is 17.5. The van der Waals surface area contributed by atoms with Crippen LogP contribution in [0.15, 0.2) is 54.3 Å². The van der Waals surface area contributed by atoms with Gasteiger partial charge in [0.15, 0.2) is 0 Å². The van der Waals surface area contributed by atoms with Crippen molar-refractivity contribution in [1.29, 1.82) is 0 Å². The molecule has 0 saturated heterocycles. The minimum Gasteiger partial charge on any atom is -0.494 e. The first-order valence-electron chi connectivity index (χ1n) is 9.00. The SMILES string of the molecule is CCCOC1=C(c2cccc(C)c2)N(C)N(C)C1c1cccc(C)c1. The summed E-state index contributed by atoms with van der Waals surface area (Å²) >= 11 is 0. The lowest BCUT2D eigenvalue weighted by Gasteiger charge is -2.29. The molecule has 0 aromatic heterocycles. The summed E-state index contributed by atoms with van der Waals surface area (Å²) < 4.78 is 6.30. The van der Waals surface area contributed by atoms with E-state index < -0.39 is 0 Å². The van der Waals surface area contributed by atoms with Crippen LogP contribution >= 0.6 is 0 Å². The largest absolute Gasteiger partial charge is 0.494 e. The van der Waals surface area contributed by atoms with Gasteiger partial charge in [0.05, 0.1) is 12.3 Å². The molecule has 3 heteroatoms. The van der Waals surface area contributed by atoms with Gasteiger partial charge in [-0.15, -0.1) is 0 Å². The molecule has 0 N–H and O–H groups in total. The summed E-state index contributed by atoms with van der Waals surface area (Å²) in [7, 11) is 4.24. The van der Waals surface area contributed by atoms with Gasteiger partial charge >= 0.3 is 0 Å². The molecule has 1 atom stereocenters. The maximum atomic E-state index is 6.30. The molecular weight excluding hydrogens is 308 g/mol. The van der Waals surface area contributed by atoms with Crippen molar-refractivity contribution in [1.82, 2.24) is 10.0 Å². The molecule has 1 aliphatic heterocycles. The van der Waals surface area contributed by atoms with E-state index in [1.165, 1.54) is 22.3 Å². The number of ether oxygens (including phenoxy) is 1. The highest BCUT2D eigenvalue weighted by Crippen LogP contribution is 2.43. The van der Waals surface area contributed by atoms with Gasteiger partial charge in [0.2, 0.25) is 0 Å². The van der Waals surface area contributed by atoms with Crippen LogP contribution in [0.3, 0.4) is 0 Å². The first-order valence-corrected chi connectivity index (χ1v) is 9.00. The molecule has 2 aromatic carbocycles. The zero-order valence-corrected chi connectivity index (χ0v) is 15.9. The third kappa shape index (κ3) is 3.42. The topological polar surface area (TPSA) is 15.7 Å². The Bertz CT molecular complexity index is 781. The van der Waals surface area contributed by atoms with Crippen LogP contribution in [0.1, 0.15) is 41.6 Å². The molecule has 2 aromatic rings. The van der Waals surface area contributed by atoms with Crippen LogP contribution in [0, 0.1) is 13.8 Å². The van der Waals surface area contributed by atoms with Crippen LogP contribution < -0.4 is 0 Å². The third-order valence-electron chi connectivity index (χ3n) is 4.76. The minimum absolute atomic E-state index is 0.104. The number of hydrogen-bond acceptors (Lipinski definition) is 3. The lowest BCUT2D eigenvalue weighted by Crippen LogP contribution is -2.32. The van der Waals surface area contributed by atoms with E-state index in [0.717, 1.165) is 24.5 Å². The van der Waals surface area contributed by atoms with Crippen LogP contribution in [0.5, 0.6) is 0 Å². The molecule has 3 rings (SSSR count). The zero-order valence-electron chi connectivity index (χ0n) is 15.9. The summed E-state index contributed by atoms with van der Waals surface area (Å²) in [5.41, 5.74) is 6.16. The number of hydrogen-bond donors (Lipinski definition) is 0. The van der Waals surface area contributed by atoms with E-state index in [-0.39, 0.29) is 6.04 Å². The highest BCUT2D eigenvalue weighted by atomic mass is 16.5. The Morgan fingerprint density at radius 3 is 2.28 bits per heavy atom. The van der Waals surface area contributed by atoms with Crippen molar-refractivity contribution >= 4 is 5.70 Å². The number of rotatable bonds is 5. The van der Waals surface area contributed by atoms with E-state index in [9.17, 15) is 0 Å². The summed E-state index contributed by atoms with van der Waals surface area (Å²) in [5.74, 6) is 1.04. The number of benzene rings is 2. The van der Waals surface area contributed by atoms with Gasteiger partial charge in [-0.2, -0.15) is 0 Å². The van der Waals surface area contributed by atoms with Gasteiger partial charge in [-0.25, -0.2) is 5.01 Å². The number of hydrazine groups is 1. The second-order valence-electron chi connectivity index (χ2n) is 6.84. The maximum absolute atomic E-state index is 6.30. The fourth-order valence-electron chi connectivity index (χ4n) is 3.48. The maximum Gasteiger partial charge on any atom is 0.145 e. The summed E-state index contributed by atoms with van der Waals surface area (Å²) in [6.45, 7) is 7.15. The van der Waals surface area contributed by atoms with Crippen molar-refractivity contribution in [3.63, 3.8) is 0 Å². The molecule has 0 fully saturated rings. The number of aryl methyl sites for hydroxylation is 2. The van der Waals surface area contributed by atoms with Crippen molar-refractivity contribution in [2.45, 2.75) is 33.2 Å².